The third kappa shape index (κ3) is 7.92. The fourth-order valence-electron chi connectivity index (χ4n) is 4.25. The fraction of sp³-hybridized carbons (Fsp3) is 0.333. The zero-order chi connectivity index (χ0) is 27.7. The molecule has 202 valence electrons. The van der Waals surface area contributed by atoms with E-state index in [0.29, 0.717) is 18.7 Å². The zero-order valence-electron chi connectivity index (χ0n) is 22.6. The minimum atomic E-state index is -3.78. The molecule has 0 aromatic heterocycles. The number of carbonyl (C=O) groups excluding carboxylic acids is 2. The zero-order valence-corrected chi connectivity index (χ0v) is 23.4. The molecule has 1 atom stereocenters. The van der Waals surface area contributed by atoms with Crippen LogP contribution in [0.3, 0.4) is 0 Å². The fourth-order valence-corrected chi connectivity index (χ4v) is 5.16. The number of amides is 2. The highest BCUT2D eigenvalue weighted by Crippen LogP contribution is 2.23. The summed E-state index contributed by atoms with van der Waals surface area (Å²) >= 11 is 0. The molecule has 3 aromatic rings. The molecule has 7 nitrogen and oxygen atoms in total. The minimum absolute atomic E-state index is 0.168. The first kappa shape index (κ1) is 28.9. The van der Waals surface area contributed by atoms with Gasteiger partial charge in [-0.2, -0.15) is 0 Å². The lowest BCUT2D eigenvalue weighted by Crippen LogP contribution is -2.53. The quantitative estimate of drug-likeness (QED) is 0.376. The summed E-state index contributed by atoms with van der Waals surface area (Å²) in [4.78, 5) is 29.0. The average Bonchev–Trinajstić information content (AvgIpc) is 2.89. The van der Waals surface area contributed by atoms with Gasteiger partial charge in [0.2, 0.25) is 21.8 Å². The highest BCUT2D eigenvalue weighted by Gasteiger charge is 2.33. The summed E-state index contributed by atoms with van der Waals surface area (Å²) in [6.45, 7) is 5.99. The van der Waals surface area contributed by atoms with Gasteiger partial charge in [0.1, 0.15) is 12.6 Å². The molecule has 0 spiro atoms. The van der Waals surface area contributed by atoms with Crippen LogP contribution in [0.4, 0.5) is 5.69 Å². The Morgan fingerprint density at radius 1 is 0.868 bits per heavy atom. The van der Waals surface area contributed by atoms with Crippen molar-refractivity contribution in [3.05, 3.63) is 101 Å². The molecule has 38 heavy (non-hydrogen) atoms. The second kappa shape index (κ2) is 13.2. The molecule has 1 unspecified atom stereocenters. The van der Waals surface area contributed by atoms with E-state index in [9.17, 15) is 18.0 Å². The van der Waals surface area contributed by atoms with Crippen molar-refractivity contribution in [2.24, 2.45) is 0 Å². The highest BCUT2D eigenvalue weighted by atomic mass is 32.2. The number of hydrogen-bond acceptors (Lipinski definition) is 4. The maximum Gasteiger partial charge on any atom is 0.244 e. The van der Waals surface area contributed by atoms with Gasteiger partial charge in [0, 0.05) is 19.5 Å². The summed E-state index contributed by atoms with van der Waals surface area (Å²) in [7, 11) is -3.78. The van der Waals surface area contributed by atoms with Crippen LogP contribution in [-0.4, -0.2) is 50.5 Å². The number of rotatable bonds is 12. The molecule has 0 radical (unpaired) electrons. The van der Waals surface area contributed by atoms with Gasteiger partial charge in [-0.25, -0.2) is 8.42 Å². The summed E-state index contributed by atoms with van der Waals surface area (Å²) in [5.74, 6) is -0.718. The summed E-state index contributed by atoms with van der Waals surface area (Å²) in [6, 6.07) is 23.5. The molecule has 0 aliphatic rings. The van der Waals surface area contributed by atoms with Crippen molar-refractivity contribution in [1.82, 2.24) is 10.2 Å². The largest absolute Gasteiger partial charge is 0.354 e. The first-order valence-corrected chi connectivity index (χ1v) is 14.6. The first-order chi connectivity index (χ1) is 18.1. The lowest BCUT2D eigenvalue weighted by Gasteiger charge is -2.33. The van der Waals surface area contributed by atoms with E-state index in [4.69, 9.17) is 0 Å². The molecule has 0 aliphatic carbocycles. The monoisotopic (exact) mass is 535 g/mol. The molecule has 0 aliphatic heterocycles. The van der Waals surface area contributed by atoms with Crippen molar-refractivity contribution in [3.63, 3.8) is 0 Å². The number of carbonyl (C=O) groups is 2. The molecular weight excluding hydrogens is 498 g/mol. The minimum Gasteiger partial charge on any atom is -0.354 e. The van der Waals surface area contributed by atoms with E-state index in [0.717, 1.165) is 39.2 Å². The molecule has 0 saturated heterocycles. The van der Waals surface area contributed by atoms with Gasteiger partial charge in [-0.05, 0) is 43.0 Å². The Morgan fingerprint density at radius 3 is 2.11 bits per heavy atom. The Bertz CT molecular complexity index is 1330. The van der Waals surface area contributed by atoms with Crippen molar-refractivity contribution in [2.45, 2.75) is 46.2 Å². The number of nitrogens with zero attached hydrogens (tertiary/aromatic N) is 2. The molecule has 0 saturated carbocycles. The first-order valence-electron chi connectivity index (χ1n) is 12.8. The van der Waals surface area contributed by atoms with Gasteiger partial charge < -0.3 is 10.2 Å². The van der Waals surface area contributed by atoms with Crippen LogP contribution in [0.1, 0.15) is 35.6 Å². The molecule has 0 heterocycles. The number of aryl methyl sites for hydroxylation is 2. The van der Waals surface area contributed by atoms with Crippen molar-refractivity contribution in [2.75, 3.05) is 23.7 Å². The number of hydrogen-bond donors (Lipinski definition) is 1. The molecule has 1 N–H and O–H groups in total. The summed E-state index contributed by atoms with van der Waals surface area (Å²) in [6.07, 6.45) is 2.15. The molecule has 0 bridgehead atoms. The van der Waals surface area contributed by atoms with Crippen molar-refractivity contribution in [1.29, 1.82) is 0 Å². The summed E-state index contributed by atoms with van der Waals surface area (Å²) in [5.41, 5.74) is 4.01. The molecular formula is C30H37N3O4S. The normalized spacial score (nSPS) is 12.0. The second-order valence-electron chi connectivity index (χ2n) is 9.56. The van der Waals surface area contributed by atoms with Crippen LogP contribution in [0.15, 0.2) is 78.9 Å². The van der Waals surface area contributed by atoms with Gasteiger partial charge in [0.05, 0.1) is 11.9 Å². The lowest BCUT2D eigenvalue weighted by atomic mass is 10.0. The third-order valence-corrected chi connectivity index (χ3v) is 7.48. The van der Waals surface area contributed by atoms with Crippen LogP contribution in [-0.2, 0) is 32.6 Å². The van der Waals surface area contributed by atoms with Crippen LogP contribution >= 0.6 is 0 Å². The van der Waals surface area contributed by atoms with E-state index in [1.54, 1.807) is 25.1 Å². The van der Waals surface area contributed by atoms with Gasteiger partial charge in [-0.3, -0.25) is 13.9 Å². The smallest absolute Gasteiger partial charge is 0.244 e. The maximum absolute atomic E-state index is 14.0. The number of para-hydroxylation sites is 1. The Labute approximate surface area is 226 Å². The highest BCUT2D eigenvalue weighted by molar-refractivity contribution is 7.92. The third-order valence-electron chi connectivity index (χ3n) is 6.36. The van der Waals surface area contributed by atoms with Crippen molar-refractivity contribution >= 4 is 27.5 Å². The van der Waals surface area contributed by atoms with Crippen molar-refractivity contribution < 1.29 is 18.0 Å². The average molecular weight is 536 g/mol. The van der Waals surface area contributed by atoms with Gasteiger partial charge in [-0.1, -0.05) is 85.3 Å². The van der Waals surface area contributed by atoms with Crippen LogP contribution in [0.5, 0.6) is 0 Å². The molecule has 8 heteroatoms. The van der Waals surface area contributed by atoms with Gasteiger partial charge in [0.15, 0.2) is 0 Å². The SMILES string of the molecule is CCCNC(=O)C(Cc1ccccc1)N(Cc1ccc(C)cc1)C(=O)CN(c1ccccc1C)S(C)(=O)=O. The number of sulfonamides is 1. The van der Waals surface area contributed by atoms with E-state index in [-0.39, 0.29) is 12.5 Å². The standard InChI is InChI=1S/C30H37N3O4S/c1-5-19-31-30(35)28(20-25-12-7-6-8-13-25)32(21-26-17-15-23(2)16-18-26)29(34)22-33(38(4,36)37)27-14-10-9-11-24(27)3/h6-18,28H,5,19-22H2,1-4H3,(H,31,35). The number of anilines is 1. The molecule has 3 rings (SSSR count). The molecule has 2 amide bonds. The Hall–Kier alpha value is -3.65. The van der Waals surface area contributed by atoms with Crippen LogP contribution in [0.2, 0.25) is 0 Å². The van der Waals surface area contributed by atoms with Gasteiger partial charge >= 0.3 is 0 Å². The van der Waals surface area contributed by atoms with Crippen molar-refractivity contribution in [3.8, 4) is 0 Å². The maximum atomic E-state index is 14.0. The van der Waals surface area contributed by atoms with Gasteiger partial charge in [0.25, 0.3) is 0 Å². The predicted molar refractivity (Wildman–Crippen MR) is 152 cm³/mol. The van der Waals surface area contributed by atoms with Crippen LogP contribution in [0.25, 0.3) is 0 Å². The van der Waals surface area contributed by atoms with E-state index < -0.39 is 28.5 Å². The molecule has 0 fully saturated rings. The van der Waals surface area contributed by atoms with Crippen LogP contribution < -0.4 is 9.62 Å². The Morgan fingerprint density at radius 2 is 1.50 bits per heavy atom. The van der Waals surface area contributed by atoms with E-state index in [1.165, 1.54) is 4.90 Å². The van der Waals surface area contributed by atoms with Gasteiger partial charge in [-0.15, -0.1) is 0 Å². The summed E-state index contributed by atoms with van der Waals surface area (Å²) < 4.78 is 26.8. The lowest BCUT2D eigenvalue weighted by molar-refractivity contribution is -0.140. The topological polar surface area (TPSA) is 86.8 Å². The van der Waals surface area contributed by atoms with E-state index in [2.05, 4.69) is 5.32 Å². The molecule has 3 aromatic carbocycles. The van der Waals surface area contributed by atoms with Crippen LogP contribution in [0, 0.1) is 13.8 Å². The predicted octanol–water partition coefficient (Wildman–Crippen LogP) is 4.24. The number of benzene rings is 3. The second-order valence-corrected chi connectivity index (χ2v) is 11.5. The number of nitrogens with one attached hydrogen (secondary N) is 1. The van der Waals surface area contributed by atoms with E-state index >= 15 is 0 Å². The summed E-state index contributed by atoms with van der Waals surface area (Å²) in [5, 5.41) is 2.94. The Balaban J connectivity index is 2.04. The van der Waals surface area contributed by atoms with E-state index in [1.807, 2.05) is 74.5 Å². The Kier molecular flexibility index (Phi) is 10.1.